The molecule has 0 bridgehead atoms. The SMILES string of the molecule is CCCN(CC(=O)C(C)(C)C(=O)OCC)C1CC1. The standard InChI is InChI=1S/C14H25NO3/c1-5-9-15(11-7-8-11)10-12(16)14(3,4)13(17)18-6-2/h11H,5-10H2,1-4H3. The van der Waals surface area contributed by atoms with Crippen molar-refractivity contribution in [3.8, 4) is 0 Å². The van der Waals surface area contributed by atoms with E-state index in [9.17, 15) is 9.59 Å². The van der Waals surface area contributed by atoms with Crippen LogP contribution in [0.25, 0.3) is 0 Å². The molecule has 4 heteroatoms. The van der Waals surface area contributed by atoms with Gasteiger partial charge in [0, 0.05) is 6.04 Å². The molecule has 1 aliphatic carbocycles. The monoisotopic (exact) mass is 255 g/mol. The predicted molar refractivity (Wildman–Crippen MR) is 70.3 cm³/mol. The Morgan fingerprint density at radius 2 is 1.89 bits per heavy atom. The summed E-state index contributed by atoms with van der Waals surface area (Å²) in [5, 5.41) is 0. The third-order valence-electron chi connectivity index (χ3n) is 3.40. The molecule has 0 amide bonds. The van der Waals surface area contributed by atoms with E-state index in [1.807, 2.05) is 0 Å². The van der Waals surface area contributed by atoms with Crippen LogP contribution >= 0.6 is 0 Å². The summed E-state index contributed by atoms with van der Waals surface area (Å²) in [5.41, 5.74) is -1.03. The second-order valence-electron chi connectivity index (χ2n) is 5.47. The van der Waals surface area contributed by atoms with Gasteiger partial charge in [0.25, 0.3) is 0 Å². The normalized spacial score (nSPS) is 15.8. The molecule has 0 aromatic heterocycles. The number of carbonyl (C=O) groups excluding carboxylic acids is 2. The lowest BCUT2D eigenvalue weighted by Gasteiger charge is -2.26. The Labute approximate surface area is 110 Å². The Bertz CT molecular complexity index is 308. The Morgan fingerprint density at radius 3 is 2.33 bits per heavy atom. The van der Waals surface area contributed by atoms with Crippen molar-refractivity contribution in [2.24, 2.45) is 5.41 Å². The molecule has 0 aromatic rings. The average molecular weight is 255 g/mol. The topological polar surface area (TPSA) is 46.6 Å². The van der Waals surface area contributed by atoms with Crippen LogP contribution in [0.4, 0.5) is 0 Å². The average Bonchev–Trinajstić information content (AvgIpc) is 3.12. The number of esters is 1. The first kappa shape index (κ1) is 15.2. The number of rotatable bonds is 8. The highest BCUT2D eigenvalue weighted by atomic mass is 16.5. The van der Waals surface area contributed by atoms with Gasteiger partial charge in [-0.15, -0.1) is 0 Å². The fourth-order valence-electron chi connectivity index (χ4n) is 1.93. The highest BCUT2D eigenvalue weighted by molar-refractivity contribution is 6.03. The number of hydrogen-bond acceptors (Lipinski definition) is 4. The first-order valence-electron chi connectivity index (χ1n) is 6.88. The maximum Gasteiger partial charge on any atom is 0.319 e. The maximum absolute atomic E-state index is 12.3. The van der Waals surface area contributed by atoms with Crippen molar-refractivity contribution in [3.05, 3.63) is 0 Å². The van der Waals surface area contributed by atoms with E-state index in [0.717, 1.165) is 13.0 Å². The van der Waals surface area contributed by atoms with Crippen LogP contribution in [0.5, 0.6) is 0 Å². The quantitative estimate of drug-likeness (QED) is 0.492. The molecule has 0 aromatic carbocycles. The molecule has 0 spiro atoms. The number of ketones is 1. The minimum atomic E-state index is -1.03. The number of nitrogens with zero attached hydrogens (tertiary/aromatic N) is 1. The van der Waals surface area contributed by atoms with Gasteiger partial charge in [0.2, 0.25) is 0 Å². The van der Waals surface area contributed by atoms with Crippen LogP contribution in [0.2, 0.25) is 0 Å². The van der Waals surface area contributed by atoms with E-state index in [1.165, 1.54) is 12.8 Å². The van der Waals surface area contributed by atoms with Gasteiger partial charge in [-0.2, -0.15) is 0 Å². The smallest absolute Gasteiger partial charge is 0.319 e. The molecule has 0 unspecified atom stereocenters. The molecule has 0 atom stereocenters. The number of Topliss-reactive ketones (excluding diaryl/α,β-unsaturated/α-hetero) is 1. The lowest BCUT2D eigenvalue weighted by Crippen LogP contribution is -2.43. The molecular weight excluding hydrogens is 230 g/mol. The predicted octanol–water partition coefficient (Wildman–Crippen LogP) is 2.02. The van der Waals surface area contributed by atoms with Gasteiger partial charge in [-0.1, -0.05) is 6.92 Å². The molecule has 0 saturated heterocycles. The fourth-order valence-corrected chi connectivity index (χ4v) is 1.93. The summed E-state index contributed by atoms with van der Waals surface area (Å²) in [7, 11) is 0. The lowest BCUT2D eigenvalue weighted by atomic mass is 9.87. The molecule has 104 valence electrons. The van der Waals surface area contributed by atoms with Gasteiger partial charge in [-0.25, -0.2) is 0 Å². The Balaban J connectivity index is 2.58. The van der Waals surface area contributed by atoms with Crippen LogP contribution in [0, 0.1) is 5.41 Å². The summed E-state index contributed by atoms with van der Waals surface area (Å²) in [4.78, 5) is 26.2. The van der Waals surface area contributed by atoms with Crippen LogP contribution in [-0.2, 0) is 14.3 Å². The van der Waals surface area contributed by atoms with Crippen LogP contribution < -0.4 is 0 Å². The second-order valence-corrected chi connectivity index (χ2v) is 5.47. The molecule has 0 radical (unpaired) electrons. The van der Waals surface area contributed by atoms with E-state index in [2.05, 4.69) is 11.8 Å². The molecule has 1 saturated carbocycles. The van der Waals surface area contributed by atoms with Crippen LogP contribution in [0.1, 0.15) is 47.0 Å². The summed E-state index contributed by atoms with van der Waals surface area (Å²) in [6.07, 6.45) is 3.38. The van der Waals surface area contributed by atoms with Crippen LogP contribution in [-0.4, -0.2) is 42.4 Å². The van der Waals surface area contributed by atoms with Crippen LogP contribution in [0.3, 0.4) is 0 Å². The van der Waals surface area contributed by atoms with Crippen molar-refractivity contribution in [3.63, 3.8) is 0 Å². The molecule has 0 aliphatic heterocycles. The molecular formula is C14H25NO3. The van der Waals surface area contributed by atoms with Crippen molar-refractivity contribution in [2.45, 2.75) is 53.0 Å². The molecule has 4 nitrogen and oxygen atoms in total. The van der Waals surface area contributed by atoms with Crippen molar-refractivity contribution in [2.75, 3.05) is 19.7 Å². The maximum atomic E-state index is 12.3. The molecule has 1 aliphatic rings. The van der Waals surface area contributed by atoms with Crippen molar-refractivity contribution >= 4 is 11.8 Å². The van der Waals surface area contributed by atoms with Crippen molar-refractivity contribution in [1.82, 2.24) is 4.90 Å². The minimum absolute atomic E-state index is 0.0405. The van der Waals surface area contributed by atoms with Gasteiger partial charge in [0.05, 0.1) is 13.2 Å². The van der Waals surface area contributed by atoms with Gasteiger partial charge in [-0.05, 0) is 46.6 Å². The van der Waals surface area contributed by atoms with Gasteiger partial charge in [-0.3, -0.25) is 14.5 Å². The Kier molecular flexibility index (Phi) is 5.32. The summed E-state index contributed by atoms with van der Waals surface area (Å²) in [6.45, 7) is 8.79. The van der Waals surface area contributed by atoms with Gasteiger partial charge < -0.3 is 4.74 Å². The summed E-state index contributed by atoms with van der Waals surface area (Å²) in [6, 6.07) is 0.548. The van der Waals surface area contributed by atoms with E-state index in [1.54, 1.807) is 20.8 Å². The third kappa shape index (κ3) is 3.80. The lowest BCUT2D eigenvalue weighted by molar-refractivity contribution is -0.158. The van der Waals surface area contributed by atoms with E-state index >= 15 is 0 Å². The third-order valence-corrected chi connectivity index (χ3v) is 3.40. The highest BCUT2D eigenvalue weighted by Gasteiger charge is 2.39. The van der Waals surface area contributed by atoms with E-state index < -0.39 is 11.4 Å². The molecule has 18 heavy (non-hydrogen) atoms. The molecule has 0 heterocycles. The van der Waals surface area contributed by atoms with Gasteiger partial charge in [0.15, 0.2) is 5.78 Å². The summed E-state index contributed by atoms with van der Waals surface area (Å²) < 4.78 is 4.97. The minimum Gasteiger partial charge on any atom is -0.465 e. The fraction of sp³-hybridized carbons (Fsp3) is 0.857. The number of ether oxygens (including phenoxy) is 1. The Morgan fingerprint density at radius 1 is 1.28 bits per heavy atom. The molecule has 1 fully saturated rings. The summed E-state index contributed by atoms with van der Waals surface area (Å²) >= 11 is 0. The largest absolute Gasteiger partial charge is 0.465 e. The number of hydrogen-bond donors (Lipinski definition) is 0. The molecule has 0 N–H and O–H groups in total. The van der Waals surface area contributed by atoms with Crippen molar-refractivity contribution < 1.29 is 14.3 Å². The highest BCUT2D eigenvalue weighted by Crippen LogP contribution is 2.28. The molecule has 1 rings (SSSR count). The first-order chi connectivity index (χ1) is 8.43. The first-order valence-corrected chi connectivity index (χ1v) is 6.88. The summed E-state index contributed by atoms with van der Waals surface area (Å²) in [5.74, 6) is -0.455. The van der Waals surface area contributed by atoms with Crippen molar-refractivity contribution in [1.29, 1.82) is 0 Å². The van der Waals surface area contributed by atoms with E-state index in [-0.39, 0.29) is 5.78 Å². The van der Waals surface area contributed by atoms with Gasteiger partial charge in [0.1, 0.15) is 5.41 Å². The zero-order valence-corrected chi connectivity index (χ0v) is 12.0. The van der Waals surface area contributed by atoms with E-state index in [4.69, 9.17) is 4.74 Å². The van der Waals surface area contributed by atoms with Gasteiger partial charge >= 0.3 is 5.97 Å². The second kappa shape index (κ2) is 6.32. The van der Waals surface area contributed by atoms with Crippen LogP contribution in [0.15, 0.2) is 0 Å². The zero-order valence-electron chi connectivity index (χ0n) is 12.0. The van der Waals surface area contributed by atoms with E-state index in [0.29, 0.717) is 19.2 Å². The Hall–Kier alpha value is -0.900. The number of carbonyl (C=O) groups is 2. The zero-order chi connectivity index (χ0) is 13.8.